The molecule has 0 bridgehead atoms. The number of benzene rings is 1. The zero-order chi connectivity index (χ0) is 22.8. The molecule has 1 aliphatic rings. The number of ether oxygens (including phenoxy) is 2. The number of hydrogen-bond donors (Lipinski definition) is 3. The van der Waals surface area contributed by atoms with E-state index in [-0.39, 0.29) is 18.0 Å². The molecule has 1 aliphatic heterocycles. The Morgan fingerprint density at radius 3 is 2.84 bits per heavy atom. The highest BCUT2D eigenvalue weighted by atomic mass is 16.6. The van der Waals surface area contributed by atoms with E-state index in [9.17, 15) is 29.9 Å². The molecule has 14 nitrogen and oxygen atoms in total. The number of rotatable bonds is 7. The number of nitro groups is 1. The molecule has 4 rings (SSSR count). The molecule has 1 aromatic carbocycles. The standard InChI is InChI=1S/C18H18N6O8/c25-8-13-16(27)15(17(32-13)22-5-4-14(26)19-18(22)28)23-7-10(20-21-23)9-31-12-3-1-2-11(6-12)24(29)30/h1-7,13,15-17,25,27H,8-9H2,(H,19,26,28)/t13-,15-,16-,17-/m1/s1. The first kappa shape index (κ1) is 21.4. The van der Waals surface area contributed by atoms with Crippen molar-refractivity contribution < 1.29 is 24.6 Å². The van der Waals surface area contributed by atoms with Gasteiger partial charge in [-0.15, -0.1) is 5.10 Å². The number of nitrogens with zero attached hydrogens (tertiary/aromatic N) is 5. The summed E-state index contributed by atoms with van der Waals surface area (Å²) in [7, 11) is 0. The molecule has 3 heterocycles. The maximum absolute atomic E-state index is 12.2. The van der Waals surface area contributed by atoms with Crippen LogP contribution in [0.1, 0.15) is 18.0 Å². The van der Waals surface area contributed by atoms with E-state index < -0.39 is 47.3 Å². The summed E-state index contributed by atoms with van der Waals surface area (Å²) >= 11 is 0. The number of nitro benzene ring substituents is 1. The minimum Gasteiger partial charge on any atom is -0.487 e. The summed E-state index contributed by atoms with van der Waals surface area (Å²) in [6, 6.07) is 5.81. The molecule has 0 amide bonds. The lowest BCUT2D eigenvalue weighted by molar-refractivity contribution is -0.384. The predicted octanol–water partition coefficient (Wildman–Crippen LogP) is -0.893. The van der Waals surface area contributed by atoms with Crippen molar-refractivity contribution in [2.24, 2.45) is 0 Å². The molecule has 0 spiro atoms. The average molecular weight is 446 g/mol. The van der Waals surface area contributed by atoms with Gasteiger partial charge in [-0.05, 0) is 6.07 Å². The van der Waals surface area contributed by atoms with Gasteiger partial charge in [0.1, 0.15) is 36.3 Å². The first-order valence-electron chi connectivity index (χ1n) is 9.41. The van der Waals surface area contributed by atoms with Crippen molar-refractivity contribution in [2.45, 2.75) is 31.1 Å². The topological polar surface area (TPSA) is 188 Å². The number of aromatic nitrogens is 5. The third-order valence-corrected chi connectivity index (χ3v) is 4.92. The Morgan fingerprint density at radius 2 is 2.12 bits per heavy atom. The van der Waals surface area contributed by atoms with Gasteiger partial charge in [-0.3, -0.25) is 24.5 Å². The van der Waals surface area contributed by atoms with Gasteiger partial charge in [0.15, 0.2) is 6.23 Å². The van der Waals surface area contributed by atoms with Crippen LogP contribution in [0.3, 0.4) is 0 Å². The lowest BCUT2D eigenvalue weighted by atomic mass is 10.1. The number of nitrogens with one attached hydrogen (secondary N) is 1. The van der Waals surface area contributed by atoms with E-state index in [0.29, 0.717) is 5.69 Å². The van der Waals surface area contributed by atoms with Gasteiger partial charge in [0.25, 0.3) is 11.2 Å². The molecule has 4 atom stereocenters. The van der Waals surface area contributed by atoms with Gasteiger partial charge in [-0.25, -0.2) is 9.48 Å². The number of aliphatic hydroxyl groups is 2. The van der Waals surface area contributed by atoms with E-state index in [1.165, 1.54) is 35.3 Å². The van der Waals surface area contributed by atoms with Crippen molar-refractivity contribution in [3.8, 4) is 5.75 Å². The van der Waals surface area contributed by atoms with Crippen molar-refractivity contribution in [2.75, 3.05) is 6.61 Å². The molecule has 0 unspecified atom stereocenters. The predicted molar refractivity (Wildman–Crippen MR) is 105 cm³/mol. The van der Waals surface area contributed by atoms with E-state index in [4.69, 9.17) is 9.47 Å². The fraction of sp³-hybridized carbons (Fsp3) is 0.333. The molecule has 0 saturated carbocycles. The van der Waals surface area contributed by atoms with Gasteiger partial charge in [-0.1, -0.05) is 11.3 Å². The van der Waals surface area contributed by atoms with E-state index in [1.54, 1.807) is 6.07 Å². The number of aliphatic hydroxyl groups excluding tert-OH is 2. The van der Waals surface area contributed by atoms with Crippen LogP contribution < -0.4 is 16.0 Å². The van der Waals surface area contributed by atoms with Crippen molar-refractivity contribution in [1.82, 2.24) is 24.5 Å². The lowest BCUT2D eigenvalue weighted by Gasteiger charge is -2.21. The molecule has 2 aromatic heterocycles. The van der Waals surface area contributed by atoms with Crippen molar-refractivity contribution in [3.63, 3.8) is 0 Å². The maximum atomic E-state index is 12.2. The molecule has 0 aliphatic carbocycles. The van der Waals surface area contributed by atoms with Crippen LogP contribution in [-0.2, 0) is 11.3 Å². The highest BCUT2D eigenvalue weighted by molar-refractivity contribution is 5.37. The summed E-state index contributed by atoms with van der Waals surface area (Å²) in [6.45, 7) is -0.582. The molecule has 1 fully saturated rings. The molecule has 168 valence electrons. The summed E-state index contributed by atoms with van der Waals surface area (Å²) in [4.78, 5) is 36.0. The second kappa shape index (κ2) is 8.70. The summed E-state index contributed by atoms with van der Waals surface area (Å²) in [5.74, 6) is 0.260. The Labute approximate surface area is 178 Å². The van der Waals surface area contributed by atoms with Crippen LogP contribution in [0.25, 0.3) is 0 Å². The number of non-ortho nitro benzene ring substituents is 1. The van der Waals surface area contributed by atoms with Crippen LogP contribution in [0.2, 0.25) is 0 Å². The van der Waals surface area contributed by atoms with Crippen molar-refractivity contribution >= 4 is 5.69 Å². The molecular weight excluding hydrogens is 428 g/mol. The Kier molecular flexibility index (Phi) is 5.81. The second-order valence-corrected chi connectivity index (χ2v) is 6.98. The third-order valence-electron chi connectivity index (χ3n) is 4.92. The largest absolute Gasteiger partial charge is 0.487 e. The molecule has 3 aromatic rings. The quantitative estimate of drug-likeness (QED) is 0.303. The lowest BCUT2D eigenvalue weighted by Crippen LogP contribution is -2.36. The van der Waals surface area contributed by atoms with Gasteiger partial charge in [0.05, 0.1) is 23.8 Å². The summed E-state index contributed by atoms with van der Waals surface area (Å²) in [5, 5.41) is 38.9. The van der Waals surface area contributed by atoms with Crippen LogP contribution >= 0.6 is 0 Å². The number of H-pyrrole nitrogens is 1. The van der Waals surface area contributed by atoms with Crippen LogP contribution in [0.5, 0.6) is 5.75 Å². The smallest absolute Gasteiger partial charge is 0.330 e. The first-order valence-corrected chi connectivity index (χ1v) is 9.41. The Hall–Kier alpha value is -3.88. The fourth-order valence-electron chi connectivity index (χ4n) is 3.39. The number of aromatic amines is 1. The number of hydrogen-bond acceptors (Lipinski definition) is 10. The van der Waals surface area contributed by atoms with Crippen molar-refractivity contribution in [1.29, 1.82) is 0 Å². The molecule has 14 heteroatoms. The van der Waals surface area contributed by atoms with Crippen LogP contribution in [0.15, 0.2) is 52.3 Å². The van der Waals surface area contributed by atoms with E-state index in [1.807, 2.05) is 0 Å². The second-order valence-electron chi connectivity index (χ2n) is 6.98. The summed E-state index contributed by atoms with van der Waals surface area (Å²) in [6.07, 6.45) is -0.653. The van der Waals surface area contributed by atoms with Crippen molar-refractivity contribution in [3.05, 3.63) is 79.4 Å². The SMILES string of the molecule is O=c1ccn([C@@H]2O[C@H](CO)[C@@H](O)[C@H]2n2cc(COc3cccc([N+](=O)[O-])c3)nn2)c(=O)[nH]1. The highest BCUT2D eigenvalue weighted by Crippen LogP contribution is 2.37. The van der Waals surface area contributed by atoms with E-state index in [0.717, 1.165) is 10.6 Å². The van der Waals surface area contributed by atoms with Crippen LogP contribution in [0, 0.1) is 10.1 Å². The Balaban J connectivity index is 1.56. The average Bonchev–Trinajstić information content (AvgIpc) is 3.36. The van der Waals surface area contributed by atoms with Gasteiger partial charge < -0.3 is 19.7 Å². The van der Waals surface area contributed by atoms with Gasteiger partial charge >= 0.3 is 5.69 Å². The van der Waals surface area contributed by atoms with E-state index in [2.05, 4.69) is 15.3 Å². The summed E-state index contributed by atoms with van der Waals surface area (Å²) < 4.78 is 13.5. The molecule has 32 heavy (non-hydrogen) atoms. The molecular formula is C18H18N6O8. The zero-order valence-corrected chi connectivity index (χ0v) is 16.3. The van der Waals surface area contributed by atoms with Crippen LogP contribution in [0.4, 0.5) is 5.69 Å². The minimum absolute atomic E-state index is 0.0719. The van der Waals surface area contributed by atoms with Gasteiger partial charge in [-0.2, -0.15) is 0 Å². The molecule has 0 radical (unpaired) electrons. The molecule has 3 N–H and O–H groups in total. The van der Waals surface area contributed by atoms with Crippen LogP contribution in [-0.4, -0.2) is 58.5 Å². The Bertz CT molecular complexity index is 1240. The molecule has 1 saturated heterocycles. The van der Waals surface area contributed by atoms with E-state index >= 15 is 0 Å². The highest BCUT2D eigenvalue weighted by Gasteiger charge is 2.46. The third kappa shape index (κ3) is 4.14. The zero-order valence-electron chi connectivity index (χ0n) is 16.3. The normalized spacial score (nSPS) is 22.7. The monoisotopic (exact) mass is 446 g/mol. The fourth-order valence-corrected chi connectivity index (χ4v) is 3.39. The first-order chi connectivity index (χ1) is 15.4. The maximum Gasteiger partial charge on any atom is 0.330 e. The minimum atomic E-state index is -1.24. The summed E-state index contributed by atoms with van der Waals surface area (Å²) in [5.41, 5.74) is -1.14. The Morgan fingerprint density at radius 1 is 1.31 bits per heavy atom. The van der Waals surface area contributed by atoms with Gasteiger partial charge in [0, 0.05) is 18.3 Å². The van der Waals surface area contributed by atoms with Gasteiger partial charge in [0.2, 0.25) is 0 Å².